The van der Waals surface area contributed by atoms with Crippen LogP contribution in [0.1, 0.15) is 64.7 Å². The molecule has 4 atom stereocenters. The maximum atomic E-state index is 11.6. The predicted octanol–water partition coefficient (Wildman–Crippen LogP) is 4.09. The highest BCUT2D eigenvalue weighted by Gasteiger charge is 2.43. The summed E-state index contributed by atoms with van der Waals surface area (Å²) in [6, 6.07) is 0. The van der Waals surface area contributed by atoms with Gasteiger partial charge in [0.1, 0.15) is 0 Å². The monoisotopic (exact) mass is 238 g/mol. The average Bonchev–Trinajstić information content (AvgIpc) is 2.35. The lowest BCUT2D eigenvalue weighted by molar-refractivity contribution is -0.150. The van der Waals surface area contributed by atoms with Gasteiger partial charge in [0.2, 0.25) is 0 Å². The minimum atomic E-state index is -0.511. The molecule has 2 rings (SSSR count). The second-order valence-electron chi connectivity index (χ2n) is 6.05. The highest BCUT2D eigenvalue weighted by Crippen LogP contribution is 2.47. The van der Waals surface area contributed by atoms with Crippen LogP contribution in [0.2, 0.25) is 0 Å². The predicted molar refractivity (Wildman–Crippen MR) is 68.8 cm³/mol. The molecule has 2 aliphatic carbocycles. The Morgan fingerprint density at radius 1 is 1.18 bits per heavy atom. The van der Waals surface area contributed by atoms with E-state index in [1.165, 1.54) is 44.9 Å². The summed E-state index contributed by atoms with van der Waals surface area (Å²) in [6.45, 7) is 2.20. The minimum absolute atomic E-state index is 0.0272. The van der Waals surface area contributed by atoms with Crippen LogP contribution in [-0.2, 0) is 4.79 Å². The van der Waals surface area contributed by atoms with Gasteiger partial charge in [-0.05, 0) is 43.4 Å². The number of carboxylic acid groups (broad SMARTS) is 1. The summed E-state index contributed by atoms with van der Waals surface area (Å²) in [5.74, 6) is 1.15. The third-order valence-corrected chi connectivity index (χ3v) is 5.06. The standard InChI is InChI=1S/C15H26O2/c1-2-3-6-12-10-9-11-7-4-5-8-13(11)14(12)15(16)17/h11-14H,2-10H2,1H3,(H,16,17). The molecule has 0 saturated heterocycles. The Hall–Kier alpha value is -0.530. The van der Waals surface area contributed by atoms with E-state index in [-0.39, 0.29) is 5.92 Å². The molecule has 2 heteroatoms. The first-order valence-electron chi connectivity index (χ1n) is 7.46. The first kappa shape index (κ1) is 12.9. The molecule has 0 heterocycles. The number of fused-ring (bicyclic) bond motifs is 1. The van der Waals surface area contributed by atoms with E-state index in [2.05, 4.69) is 6.92 Å². The van der Waals surface area contributed by atoms with Crippen LogP contribution in [-0.4, -0.2) is 11.1 Å². The third kappa shape index (κ3) is 2.83. The summed E-state index contributed by atoms with van der Waals surface area (Å²) in [4.78, 5) is 11.6. The van der Waals surface area contributed by atoms with E-state index in [4.69, 9.17) is 0 Å². The summed E-state index contributed by atoms with van der Waals surface area (Å²) < 4.78 is 0. The van der Waals surface area contributed by atoms with Gasteiger partial charge in [-0.15, -0.1) is 0 Å². The molecule has 0 radical (unpaired) electrons. The normalized spacial score (nSPS) is 37.5. The number of rotatable bonds is 4. The van der Waals surface area contributed by atoms with Crippen LogP contribution in [0.5, 0.6) is 0 Å². The average molecular weight is 238 g/mol. The zero-order valence-electron chi connectivity index (χ0n) is 11.0. The molecule has 1 N–H and O–H groups in total. The topological polar surface area (TPSA) is 37.3 Å². The molecule has 17 heavy (non-hydrogen) atoms. The van der Waals surface area contributed by atoms with E-state index >= 15 is 0 Å². The SMILES string of the molecule is CCCCC1CCC2CCCCC2C1C(=O)O. The number of aliphatic carboxylic acids is 1. The number of unbranched alkanes of at least 4 members (excludes halogenated alkanes) is 1. The number of hydrogen-bond donors (Lipinski definition) is 1. The van der Waals surface area contributed by atoms with Crippen LogP contribution in [0.3, 0.4) is 0 Å². The van der Waals surface area contributed by atoms with Gasteiger partial charge < -0.3 is 5.11 Å². The van der Waals surface area contributed by atoms with Crippen molar-refractivity contribution in [1.82, 2.24) is 0 Å². The molecular weight excluding hydrogens is 212 g/mol. The fourth-order valence-corrected chi connectivity index (χ4v) is 4.20. The van der Waals surface area contributed by atoms with Gasteiger partial charge >= 0.3 is 5.97 Å². The van der Waals surface area contributed by atoms with Crippen LogP contribution in [0.4, 0.5) is 0 Å². The molecule has 0 bridgehead atoms. The molecule has 2 fully saturated rings. The molecule has 0 spiro atoms. The Kier molecular flexibility index (Phi) is 4.47. The van der Waals surface area contributed by atoms with Crippen molar-refractivity contribution in [2.75, 3.05) is 0 Å². The van der Waals surface area contributed by atoms with Crippen molar-refractivity contribution in [3.8, 4) is 0 Å². The Balaban J connectivity index is 2.05. The number of hydrogen-bond acceptors (Lipinski definition) is 1. The Morgan fingerprint density at radius 2 is 1.94 bits per heavy atom. The van der Waals surface area contributed by atoms with Gasteiger partial charge in [0.25, 0.3) is 0 Å². The van der Waals surface area contributed by atoms with Crippen LogP contribution in [0.25, 0.3) is 0 Å². The van der Waals surface area contributed by atoms with Crippen molar-refractivity contribution in [3.63, 3.8) is 0 Å². The molecule has 0 amide bonds. The van der Waals surface area contributed by atoms with E-state index in [9.17, 15) is 9.90 Å². The largest absolute Gasteiger partial charge is 0.481 e. The van der Waals surface area contributed by atoms with Crippen LogP contribution >= 0.6 is 0 Å². The van der Waals surface area contributed by atoms with Crippen molar-refractivity contribution in [3.05, 3.63) is 0 Å². The lowest BCUT2D eigenvalue weighted by atomic mass is 9.60. The highest BCUT2D eigenvalue weighted by molar-refractivity contribution is 5.71. The van der Waals surface area contributed by atoms with Gasteiger partial charge in [0.05, 0.1) is 5.92 Å². The molecule has 0 aromatic rings. The maximum Gasteiger partial charge on any atom is 0.307 e. The minimum Gasteiger partial charge on any atom is -0.481 e. The molecule has 0 aromatic heterocycles. The van der Waals surface area contributed by atoms with Crippen molar-refractivity contribution in [1.29, 1.82) is 0 Å². The molecular formula is C15H26O2. The van der Waals surface area contributed by atoms with Gasteiger partial charge in [0, 0.05) is 0 Å². The van der Waals surface area contributed by atoms with E-state index < -0.39 is 5.97 Å². The zero-order valence-corrected chi connectivity index (χ0v) is 11.0. The summed E-state index contributed by atoms with van der Waals surface area (Å²) in [5.41, 5.74) is 0. The second kappa shape index (κ2) is 5.88. The Labute approximate surface area is 105 Å². The van der Waals surface area contributed by atoms with E-state index in [0.717, 1.165) is 18.8 Å². The Morgan fingerprint density at radius 3 is 2.65 bits per heavy atom. The van der Waals surface area contributed by atoms with Crippen LogP contribution in [0, 0.1) is 23.7 Å². The summed E-state index contributed by atoms with van der Waals surface area (Å²) >= 11 is 0. The smallest absolute Gasteiger partial charge is 0.307 e. The quantitative estimate of drug-likeness (QED) is 0.800. The van der Waals surface area contributed by atoms with E-state index in [1.807, 2.05) is 0 Å². The summed E-state index contributed by atoms with van der Waals surface area (Å²) in [7, 11) is 0. The van der Waals surface area contributed by atoms with Crippen molar-refractivity contribution in [2.45, 2.75) is 64.7 Å². The van der Waals surface area contributed by atoms with E-state index in [0.29, 0.717) is 11.8 Å². The molecule has 2 nitrogen and oxygen atoms in total. The molecule has 98 valence electrons. The van der Waals surface area contributed by atoms with Crippen LogP contribution < -0.4 is 0 Å². The fraction of sp³-hybridized carbons (Fsp3) is 0.933. The molecule has 0 aromatic carbocycles. The Bertz CT molecular complexity index is 262. The summed E-state index contributed by atoms with van der Waals surface area (Å²) in [5, 5.41) is 9.55. The van der Waals surface area contributed by atoms with Gasteiger partial charge in [-0.25, -0.2) is 0 Å². The first-order valence-corrected chi connectivity index (χ1v) is 7.46. The molecule has 2 aliphatic rings. The lowest BCUT2D eigenvalue weighted by Gasteiger charge is -2.44. The van der Waals surface area contributed by atoms with Gasteiger partial charge in [-0.3, -0.25) is 4.79 Å². The first-order chi connectivity index (χ1) is 8.24. The molecule has 0 aliphatic heterocycles. The van der Waals surface area contributed by atoms with Crippen molar-refractivity contribution >= 4 is 5.97 Å². The van der Waals surface area contributed by atoms with Gasteiger partial charge in [0.15, 0.2) is 0 Å². The molecule has 2 saturated carbocycles. The van der Waals surface area contributed by atoms with Crippen molar-refractivity contribution in [2.24, 2.45) is 23.7 Å². The number of carbonyl (C=O) groups is 1. The summed E-state index contributed by atoms with van der Waals surface area (Å²) in [6.07, 6.45) is 11.0. The van der Waals surface area contributed by atoms with Crippen LogP contribution in [0.15, 0.2) is 0 Å². The zero-order chi connectivity index (χ0) is 12.3. The highest BCUT2D eigenvalue weighted by atomic mass is 16.4. The second-order valence-corrected chi connectivity index (χ2v) is 6.05. The van der Waals surface area contributed by atoms with Gasteiger partial charge in [-0.1, -0.05) is 39.0 Å². The lowest BCUT2D eigenvalue weighted by Crippen LogP contribution is -2.41. The van der Waals surface area contributed by atoms with Gasteiger partial charge in [-0.2, -0.15) is 0 Å². The molecule has 4 unspecified atom stereocenters. The third-order valence-electron chi connectivity index (χ3n) is 5.06. The number of carboxylic acids is 1. The fourth-order valence-electron chi connectivity index (χ4n) is 4.20. The maximum absolute atomic E-state index is 11.6. The van der Waals surface area contributed by atoms with E-state index in [1.54, 1.807) is 0 Å². The van der Waals surface area contributed by atoms with Crippen molar-refractivity contribution < 1.29 is 9.90 Å².